The Hall–Kier alpha value is -2.17. The highest BCUT2D eigenvalue weighted by molar-refractivity contribution is 5.85. The van der Waals surface area contributed by atoms with Crippen molar-refractivity contribution in [3.05, 3.63) is 23.8 Å². The fraction of sp³-hybridized carbons (Fsp3) is 0.182. The van der Waals surface area contributed by atoms with Gasteiger partial charge in [-0.1, -0.05) is 0 Å². The molecule has 0 atom stereocenters. The van der Waals surface area contributed by atoms with Crippen molar-refractivity contribution >= 4 is 12.0 Å². The minimum absolute atomic E-state index is 0.151. The maximum absolute atomic E-state index is 10.4. The zero-order valence-electron chi connectivity index (χ0n) is 8.60. The number of carboxylic acid groups (broad SMARTS) is 1. The summed E-state index contributed by atoms with van der Waals surface area (Å²) in [5.41, 5.74) is 0.684. The fourth-order valence-corrected chi connectivity index (χ4v) is 1.41. The summed E-state index contributed by atoms with van der Waals surface area (Å²) in [6.07, 6.45) is 2.52. The Morgan fingerprint density at radius 3 is 3.00 bits per heavy atom. The molecule has 0 bridgehead atoms. The monoisotopic (exact) mass is 222 g/mol. The molecule has 1 aromatic carbocycles. The summed E-state index contributed by atoms with van der Waals surface area (Å²) in [5, 5.41) is 8.52. The van der Waals surface area contributed by atoms with Crippen LogP contribution in [0.25, 0.3) is 6.08 Å². The van der Waals surface area contributed by atoms with Crippen LogP contribution in [0.4, 0.5) is 0 Å². The lowest BCUT2D eigenvalue weighted by Gasteiger charge is -2.05. The van der Waals surface area contributed by atoms with Gasteiger partial charge in [0.2, 0.25) is 12.5 Å². The zero-order chi connectivity index (χ0) is 11.5. The van der Waals surface area contributed by atoms with Crippen LogP contribution in [0.3, 0.4) is 0 Å². The van der Waals surface area contributed by atoms with Gasteiger partial charge in [-0.15, -0.1) is 0 Å². The molecule has 1 aromatic rings. The number of benzene rings is 1. The molecule has 0 spiro atoms. The van der Waals surface area contributed by atoms with E-state index >= 15 is 0 Å². The normalized spacial score (nSPS) is 13.1. The van der Waals surface area contributed by atoms with Gasteiger partial charge in [-0.2, -0.15) is 0 Å². The minimum Gasteiger partial charge on any atom is -0.493 e. The maximum atomic E-state index is 10.4. The van der Waals surface area contributed by atoms with Gasteiger partial charge in [0.25, 0.3) is 0 Å². The summed E-state index contributed by atoms with van der Waals surface area (Å²) in [4.78, 5) is 10.4. The molecule has 84 valence electrons. The van der Waals surface area contributed by atoms with Gasteiger partial charge in [0.15, 0.2) is 11.5 Å². The van der Waals surface area contributed by atoms with E-state index in [4.69, 9.17) is 19.3 Å². The third-order valence-electron chi connectivity index (χ3n) is 2.10. The lowest BCUT2D eigenvalue weighted by Crippen LogP contribution is -1.93. The van der Waals surface area contributed by atoms with Crippen molar-refractivity contribution < 1.29 is 24.1 Å². The van der Waals surface area contributed by atoms with E-state index in [-0.39, 0.29) is 6.79 Å². The third kappa shape index (κ3) is 1.93. The topological polar surface area (TPSA) is 65.0 Å². The van der Waals surface area contributed by atoms with Crippen LogP contribution in [0.1, 0.15) is 5.56 Å². The molecule has 5 nitrogen and oxygen atoms in total. The van der Waals surface area contributed by atoms with Crippen LogP contribution in [0, 0.1) is 0 Å². The van der Waals surface area contributed by atoms with Crippen molar-refractivity contribution in [2.45, 2.75) is 0 Å². The Balaban J connectivity index is 2.38. The average molecular weight is 222 g/mol. The first kappa shape index (κ1) is 10.4. The van der Waals surface area contributed by atoms with Gasteiger partial charge < -0.3 is 19.3 Å². The maximum Gasteiger partial charge on any atom is 0.328 e. The molecule has 0 saturated carbocycles. The molecule has 1 aliphatic heterocycles. The van der Waals surface area contributed by atoms with E-state index in [0.717, 1.165) is 6.08 Å². The average Bonchev–Trinajstić information content (AvgIpc) is 2.73. The molecule has 0 amide bonds. The smallest absolute Gasteiger partial charge is 0.328 e. The first-order valence-corrected chi connectivity index (χ1v) is 4.59. The number of hydrogen-bond donors (Lipinski definition) is 1. The van der Waals surface area contributed by atoms with Crippen molar-refractivity contribution in [3.63, 3.8) is 0 Å². The molecule has 0 aromatic heterocycles. The Morgan fingerprint density at radius 1 is 1.50 bits per heavy atom. The van der Waals surface area contributed by atoms with E-state index in [9.17, 15) is 4.79 Å². The van der Waals surface area contributed by atoms with Crippen LogP contribution in [0.2, 0.25) is 0 Å². The summed E-state index contributed by atoms with van der Waals surface area (Å²) >= 11 is 0. The first-order valence-electron chi connectivity index (χ1n) is 4.59. The predicted octanol–water partition coefficient (Wildman–Crippen LogP) is 1.52. The summed E-state index contributed by atoms with van der Waals surface area (Å²) in [6.45, 7) is 0.151. The molecule has 16 heavy (non-hydrogen) atoms. The van der Waals surface area contributed by atoms with Crippen LogP contribution in [-0.2, 0) is 4.79 Å². The SMILES string of the molecule is COc1cc(/C=C\C(=O)O)cc2c1OCO2. The van der Waals surface area contributed by atoms with Crippen LogP contribution in [0.15, 0.2) is 18.2 Å². The molecule has 0 fully saturated rings. The number of rotatable bonds is 3. The molecule has 0 aliphatic carbocycles. The van der Waals surface area contributed by atoms with Gasteiger partial charge in [0.1, 0.15) is 0 Å². The molecule has 5 heteroatoms. The van der Waals surface area contributed by atoms with Crippen molar-refractivity contribution in [3.8, 4) is 17.2 Å². The zero-order valence-corrected chi connectivity index (χ0v) is 8.60. The largest absolute Gasteiger partial charge is 0.493 e. The molecule has 1 N–H and O–H groups in total. The number of methoxy groups -OCH3 is 1. The Bertz CT molecular complexity index is 450. The van der Waals surface area contributed by atoms with Gasteiger partial charge in [0, 0.05) is 6.08 Å². The second-order valence-corrected chi connectivity index (χ2v) is 3.13. The number of carboxylic acids is 1. The second kappa shape index (κ2) is 4.14. The van der Waals surface area contributed by atoms with Crippen LogP contribution in [-0.4, -0.2) is 25.0 Å². The van der Waals surface area contributed by atoms with E-state index in [2.05, 4.69) is 0 Å². The Morgan fingerprint density at radius 2 is 2.31 bits per heavy atom. The van der Waals surface area contributed by atoms with E-state index in [0.29, 0.717) is 22.8 Å². The number of aliphatic carboxylic acids is 1. The lowest BCUT2D eigenvalue weighted by molar-refractivity contribution is -0.131. The van der Waals surface area contributed by atoms with Crippen LogP contribution >= 0.6 is 0 Å². The third-order valence-corrected chi connectivity index (χ3v) is 2.10. The summed E-state index contributed by atoms with van der Waals surface area (Å²) in [6, 6.07) is 3.39. The van der Waals surface area contributed by atoms with Gasteiger partial charge in [-0.05, 0) is 23.8 Å². The summed E-state index contributed by atoms with van der Waals surface area (Å²) in [7, 11) is 1.52. The standard InChI is InChI=1S/C11H10O5/c1-14-8-4-7(2-3-10(12)13)5-9-11(8)16-6-15-9/h2-5H,6H2,1H3,(H,12,13)/b3-2-. The second-order valence-electron chi connectivity index (χ2n) is 3.13. The highest BCUT2D eigenvalue weighted by Crippen LogP contribution is 2.41. The molecule has 0 unspecified atom stereocenters. The minimum atomic E-state index is -1.00. The van der Waals surface area contributed by atoms with Gasteiger partial charge >= 0.3 is 5.97 Å². The van der Waals surface area contributed by atoms with E-state index in [1.165, 1.54) is 13.2 Å². The highest BCUT2D eigenvalue weighted by atomic mass is 16.7. The van der Waals surface area contributed by atoms with Gasteiger partial charge in [-0.25, -0.2) is 4.79 Å². The number of hydrogen-bond acceptors (Lipinski definition) is 4. The van der Waals surface area contributed by atoms with Crippen LogP contribution in [0.5, 0.6) is 17.2 Å². The van der Waals surface area contributed by atoms with E-state index < -0.39 is 5.97 Å². The summed E-state index contributed by atoms with van der Waals surface area (Å²) in [5.74, 6) is 0.635. The molecule has 2 rings (SSSR count). The van der Waals surface area contributed by atoms with Crippen molar-refractivity contribution in [2.24, 2.45) is 0 Å². The van der Waals surface area contributed by atoms with E-state index in [1.807, 2.05) is 0 Å². The molecule has 0 saturated heterocycles. The Kier molecular flexibility index (Phi) is 2.68. The van der Waals surface area contributed by atoms with Crippen molar-refractivity contribution in [2.75, 3.05) is 13.9 Å². The lowest BCUT2D eigenvalue weighted by atomic mass is 10.1. The number of fused-ring (bicyclic) bond motifs is 1. The van der Waals surface area contributed by atoms with Gasteiger partial charge in [-0.3, -0.25) is 0 Å². The molecular formula is C11H10O5. The van der Waals surface area contributed by atoms with Gasteiger partial charge in [0.05, 0.1) is 7.11 Å². The number of carbonyl (C=O) groups is 1. The molecule has 0 radical (unpaired) electrons. The predicted molar refractivity (Wildman–Crippen MR) is 55.8 cm³/mol. The van der Waals surface area contributed by atoms with Crippen LogP contribution < -0.4 is 14.2 Å². The highest BCUT2D eigenvalue weighted by Gasteiger charge is 2.19. The molecular weight excluding hydrogens is 212 g/mol. The van der Waals surface area contributed by atoms with E-state index in [1.54, 1.807) is 12.1 Å². The Labute approximate surface area is 91.9 Å². The van der Waals surface area contributed by atoms with Crippen molar-refractivity contribution in [1.29, 1.82) is 0 Å². The quantitative estimate of drug-likeness (QED) is 0.785. The van der Waals surface area contributed by atoms with Crippen molar-refractivity contribution in [1.82, 2.24) is 0 Å². The first-order chi connectivity index (χ1) is 7.70. The number of ether oxygens (including phenoxy) is 3. The fourth-order valence-electron chi connectivity index (χ4n) is 1.41. The molecule has 1 aliphatic rings. The molecule has 1 heterocycles. The summed E-state index contributed by atoms with van der Waals surface area (Å²) < 4.78 is 15.5.